The number of hydrogen-bond acceptors (Lipinski definition) is 4. The first kappa shape index (κ1) is 16.4. The lowest BCUT2D eigenvalue weighted by molar-refractivity contribution is 0.305. The summed E-state index contributed by atoms with van der Waals surface area (Å²) >= 11 is 0. The van der Waals surface area contributed by atoms with Gasteiger partial charge < -0.3 is 9.88 Å². The van der Waals surface area contributed by atoms with Gasteiger partial charge in [0.2, 0.25) is 0 Å². The highest BCUT2D eigenvalue weighted by Gasteiger charge is 2.21. The molecule has 4 rings (SSSR count). The van der Waals surface area contributed by atoms with Crippen LogP contribution in [0.2, 0.25) is 0 Å². The number of aliphatic imine (C=N–C) groups is 1. The Labute approximate surface area is 153 Å². The monoisotopic (exact) mass is 343 g/mol. The molecule has 0 saturated heterocycles. The molecule has 0 unspecified atom stereocenters. The molecule has 26 heavy (non-hydrogen) atoms. The molecule has 1 aromatic carbocycles. The van der Waals surface area contributed by atoms with E-state index in [9.17, 15) is 0 Å². The van der Waals surface area contributed by atoms with Gasteiger partial charge >= 0.3 is 0 Å². The van der Waals surface area contributed by atoms with E-state index in [1.807, 2.05) is 37.5 Å². The quantitative estimate of drug-likeness (QED) is 0.851. The van der Waals surface area contributed by atoms with Crippen molar-refractivity contribution in [2.45, 2.75) is 13.3 Å². The summed E-state index contributed by atoms with van der Waals surface area (Å²) < 4.78 is 0. The third-order valence-corrected chi connectivity index (χ3v) is 4.62. The van der Waals surface area contributed by atoms with E-state index in [4.69, 9.17) is 0 Å². The van der Waals surface area contributed by atoms with Gasteiger partial charge in [-0.3, -0.25) is 4.90 Å². The molecule has 0 atom stereocenters. The van der Waals surface area contributed by atoms with Crippen LogP contribution in [0, 0.1) is 23.7 Å². The Morgan fingerprint density at radius 3 is 2.96 bits per heavy atom. The minimum absolute atomic E-state index is 0.731. The first-order valence-corrected chi connectivity index (χ1v) is 8.86. The third kappa shape index (κ3) is 3.64. The van der Waals surface area contributed by atoms with Crippen molar-refractivity contribution in [2.24, 2.45) is 4.99 Å². The molecule has 0 amide bonds. The second-order valence-corrected chi connectivity index (χ2v) is 6.49. The Hall–Kier alpha value is -3.02. The van der Waals surface area contributed by atoms with Gasteiger partial charge in [-0.1, -0.05) is 24.0 Å². The molecule has 0 bridgehead atoms. The number of aromatic nitrogens is 2. The highest BCUT2D eigenvalue weighted by Crippen LogP contribution is 2.22. The van der Waals surface area contributed by atoms with E-state index in [-0.39, 0.29) is 0 Å². The van der Waals surface area contributed by atoms with E-state index in [2.05, 4.69) is 48.4 Å². The lowest BCUT2D eigenvalue weighted by Crippen LogP contribution is -2.38. The van der Waals surface area contributed by atoms with Gasteiger partial charge in [-0.25, -0.2) is 9.98 Å². The van der Waals surface area contributed by atoms with Gasteiger partial charge in [-0.15, -0.1) is 5.92 Å². The Bertz CT molecular complexity index is 957. The normalized spacial score (nSPS) is 16.7. The average Bonchev–Trinajstić information content (AvgIpc) is 3.09. The average molecular weight is 343 g/mol. The SMILES string of the molecule is CC#CCN1C=NC2=C(C1)CN(CC#Cc1nc3ccccc3[nH]1)CC2. The Morgan fingerprint density at radius 1 is 1.15 bits per heavy atom. The lowest BCUT2D eigenvalue weighted by atomic mass is 10.0. The summed E-state index contributed by atoms with van der Waals surface area (Å²) in [5, 5.41) is 0. The molecule has 2 aromatic rings. The summed E-state index contributed by atoms with van der Waals surface area (Å²) in [5.41, 5.74) is 4.62. The summed E-state index contributed by atoms with van der Waals surface area (Å²) in [6, 6.07) is 8.00. The Balaban J connectivity index is 1.38. The first-order chi connectivity index (χ1) is 12.8. The maximum Gasteiger partial charge on any atom is 0.183 e. The second-order valence-electron chi connectivity index (χ2n) is 6.49. The van der Waals surface area contributed by atoms with Gasteiger partial charge in [0, 0.05) is 31.8 Å². The molecule has 2 aliphatic rings. The fraction of sp³-hybridized carbons (Fsp3) is 0.333. The van der Waals surface area contributed by atoms with Gasteiger partial charge in [-0.2, -0.15) is 0 Å². The minimum Gasteiger partial charge on any atom is -0.347 e. The van der Waals surface area contributed by atoms with E-state index in [0.29, 0.717) is 0 Å². The minimum atomic E-state index is 0.731. The predicted octanol–water partition coefficient (Wildman–Crippen LogP) is 2.24. The molecule has 2 aliphatic heterocycles. The molecule has 0 aliphatic carbocycles. The van der Waals surface area contributed by atoms with Gasteiger partial charge in [-0.05, 0) is 30.6 Å². The molecule has 0 fully saturated rings. The molecule has 1 aromatic heterocycles. The zero-order valence-corrected chi connectivity index (χ0v) is 14.9. The van der Waals surface area contributed by atoms with Crippen molar-refractivity contribution >= 4 is 17.4 Å². The summed E-state index contributed by atoms with van der Waals surface area (Å²) in [4.78, 5) is 16.9. The number of rotatable bonds is 2. The zero-order valence-electron chi connectivity index (χ0n) is 14.9. The fourth-order valence-electron chi connectivity index (χ4n) is 3.27. The van der Waals surface area contributed by atoms with Crippen molar-refractivity contribution < 1.29 is 0 Å². The fourth-order valence-corrected chi connectivity index (χ4v) is 3.27. The van der Waals surface area contributed by atoms with E-state index >= 15 is 0 Å². The van der Waals surface area contributed by atoms with Crippen LogP contribution in [0.15, 0.2) is 40.5 Å². The van der Waals surface area contributed by atoms with Crippen LogP contribution in [0.1, 0.15) is 19.2 Å². The number of fused-ring (bicyclic) bond motifs is 1. The van der Waals surface area contributed by atoms with Crippen molar-refractivity contribution in [2.75, 3.05) is 32.7 Å². The number of H-pyrrole nitrogens is 1. The molecular weight excluding hydrogens is 322 g/mol. The number of imidazole rings is 1. The molecule has 130 valence electrons. The third-order valence-electron chi connectivity index (χ3n) is 4.62. The largest absolute Gasteiger partial charge is 0.347 e. The van der Waals surface area contributed by atoms with Crippen molar-refractivity contribution in [3.8, 4) is 23.7 Å². The second kappa shape index (κ2) is 7.47. The first-order valence-electron chi connectivity index (χ1n) is 8.86. The van der Waals surface area contributed by atoms with Crippen molar-refractivity contribution in [1.82, 2.24) is 19.8 Å². The zero-order chi connectivity index (χ0) is 17.8. The van der Waals surface area contributed by atoms with Crippen LogP contribution in [-0.4, -0.2) is 58.8 Å². The molecule has 3 heterocycles. The number of aromatic amines is 1. The van der Waals surface area contributed by atoms with Gasteiger partial charge in [0.05, 0.1) is 30.5 Å². The van der Waals surface area contributed by atoms with Crippen LogP contribution >= 0.6 is 0 Å². The molecule has 5 heteroatoms. The number of para-hydroxylation sites is 2. The molecule has 0 spiro atoms. The van der Waals surface area contributed by atoms with Gasteiger partial charge in [0.1, 0.15) is 0 Å². The van der Waals surface area contributed by atoms with Gasteiger partial charge in [0.25, 0.3) is 0 Å². The van der Waals surface area contributed by atoms with E-state index in [1.54, 1.807) is 0 Å². The molecular formula is C21H21N5. The lowest BCUT2D eigenvalue weighted by Gasteiger charge is -2.33. The van der Waals surface area contributed by atoms with E-state index < -0.39 is 0 Å². The standard InChI is InChI=1S/C21H21N5/c1-2-3-11-26-15-17-14-25(13-10-18(17)22-16-26)12-6-9-21-23-19-7-4-5-8-20(19)24-21/h4-5,7-8,16H,10-15H2,1H3,(H,23,24). The van der Waals surface area contributed by atoms with Crippen molar-refractivity contribution in [1.29, 1.82) is 0 Å². The predicted molar refractivity (Wildman–Crippen MR) is 105 cm³/mol. The van der Waals surface area contributed by atoms with Crippen LogP contribution in [0.5, 0.6) is 0 Å². The molecule has 1 N–H and O–H groups in total. The van der Waals surface area contributed by atoms with Crippen LogP contribution in [0.4, 0.5) is 0 Å². The van der Waals surface area contributed by atoms with E-state index in [1.165, 1.54) is 11.3 Å². The summed E-state index contributed by atoms with van der Waals surface area (Å²) in [7, 11) is 0. The van der Waals surface area contributed by atoms with Crippen molar-refractivity contribution in [3.63, 3.8) is 0 Å². The van der Waals surface area contributed by atoms with Gasteiger partial charge in [0.15, 0.2) is 5.82 Å². The Morgan fingerprint density at radius 2 is 2.08 bits per heavy atom. The van der Waals surface area contributed by atoms with Crippen molar-refractivity contribution in [3.05, 3.63) is 41.4 Å². The maximum atomic E-state index is 4.61. The summed E-state index contributed by atoms with van der Waals surface area (Å²) in [6.45, 7) is 6.20. The highest BCUT2D eigenvalue weighted by molar-refractivity contribution is 5.75. The van der Waals surface area contributed by atoms with E-state index in [0.717, 1.165) is 56.0 Å². The molecule has 5 nitrogen and oxygen atoms in total. The summed E-state index contributed by atoms with van der Waals surface area (Å²) in [6.07, 6.45) is 2.92. The number of nitrogens with one attached hydrogen (secondary N) is 1. The molecule has 0 saturated carbocycles. The summed E-state index contributed by atoms with van der Waals surface area (Å²) in [5.74, 6) is 13.2. The maximum absolute atomic E-state index is 4.61. The Kier molecular flexibility index (Phi) is 4.73. The number of hydrogen-bond donors (Lipinski definition) is 1. The van der Waals surface area contributed by atoms with Crippen LogP contribution < -0.4 is 0 Å². The highest BCUT2D eigenvalue weighted by atomic mass is 15.2. The van der Waals surface area contributed by atoms with Crippen LogP contribution in [0.3, 0.4) is 0 Å². The number of nitrogens with zero attached hydrogens (tertiary/aromatic N) is 4. The van der Waals surface area contributed by atoms with Crippen LogP contribution in [-0.2, 0) is 0 Å². The topological polar surface area (TPSA) is 47.5 Å². The van der Waals surface area contributed by atoms with Crippen LogP contribution in [0.25, 0.3) is 11.0 Å². The molecule has 0 radical (unpaired) electrons. The number of benzene rings is 1. The smallest absolute Gasteiger partial charge is 0.183 e.